The van der Waals surface area contributed by atoms with Crippen LogP contribution < -0.4 is 10.6 Å². The molecule has 0 radical (unpaired) electrons. The summed E-state index contributed by atoms with van der Waals surface area (Å²) in [6, 6.07) is 10.2. The van der Waals surface area contributed by atoms with E-state index < -0.39 is 0 Å². The molecule has 1 rings (SSSR count). The van der Waals surface area contributed by atoms with E-state index in [1.807, 2.05) is 18.2 Å². The maximum atomic E-state index is 8.59. The van der Waals surface area contributed by atoms with Crippen molar-refractivity contribution in [3.63, 3.8) is 0 Å². The van der Waals surface area contributed by atoms with Crippen molar-refractivity contribution in [2.75, 3.05) is 31.7 Å². The predicted octanol–water partition coefficient (Wildman–Crippen LogP) is 2.06. The third-order valence-electron chi connectivity index (χ3n) is 2.91. The van der Waals surface area contributed by atoms with Crippen LogP contribution in [0.4, 0.5) is 5.69 Å². The Morgan fingerprint density at radius 3 is 2.63 bits per heavy atom. The summed E-state index contributed by atoms with van der Waals surface area (Å²) in [5.74, 6) is 0.262. The van der Waals surface area contributed by atoms with E-state index in [1.54, 1.807) is 7.11 Å². The molecule has 0 aliphatic carbocycles. The standard InChI is InChI=1S/C14H23N3O2/c1-19-12-6-5-10-17(11-9-14(15)16-18)13-7-3-2-4-8-13/h2-4,7-8,18H,5-6,9-12H2,1H3,(H2,15,16). The fourth-order valence-electron chi connectivity index (χ4n) is 1.86. The lowest BCUT2D eigenvalue weighted by Gasteiger charge is -2.24. The zero-order valence-electron chi connectivity index (χ0n) is 11.5. The smallest absolute Gasteiger partial charge is 0.140 e. The highest BCUT2D eigenvalue weighted by Crippen LogP contribution is 2.14. The van der Waals surface area contributed by atoms with Crippen LogP contribution in [0.1, 0.15) is 19.3 Å². The Balaban J connectivity index is 2.52. The molecule has 106 valence electrons. The van der Waals surface area contributed by atoms with Crippen LogP contribution in [0.2, 0.25) is 0 Å². The minimum absolute atomic E-state index is 0.262. The highest BCUT2D eigenvalue weighted by atomic mass is 16.5. The molecule has 0 fully saturated rings. The van der Waals surface area contributed by atoms with Crippen molar-refractivity contribution in [1.82, 2.24) is 0 Å². The normalized spacial score (nSPS) is 11.5. The summed E-state index contributed by atoms with van der Waals surface area (Å²) in [5, 5.41) is 11.6. The SMILES string of the molecule is COCCCCN(CC/C(N)=N/O)c1ccccc1. The third kappa shape index (κ3) is 6.10. The molecule has 1 aromatic rings. The molecule has 0 unspecified atom stereocenters. The Morgan fingerprint density at radius 2 is 2.00 bits per heavy atom. The number of anilines is 1. The number of hydrogen-bond donors (Lipinski definition) is 2. The first kappa shape index (κ1) is 15.3. The van der Waals surface area contributed by atoms with Crippen LogP contribution >= 0.6 is 0 Å². The van der Waals surface area contributed by atoms with Crippen LogP contribution in [-0.4, -0.2) is 37.8 Å². The number of nitrogens with zero attached hydrogens (tertiary/aromatic N) is 2. The van der Waals surface area contributed by atoms with Crippen molar-refractivity contribution in [2.45, 2.75) is 19.3 Å². The van der Waals surface area contributed by atoms with Gasteiger partial charge in [0.25, 0.3) is 0 Å². The number of amidine groups is 1. The molecule has 0 bridgehead atoms. The maximum absolute atomic E-state index is 8.59. The average Bonchev–Trinajstić information content (AvgIpc) is 2.47. The number of nitrogens with two attached hydrogens (primary N) is 1. The average molecular weight is 265 g/mol. The van der Waals surface area contributed by atoms with Crippen molar-refractivity contribution < 1.29 is 9.94 Å². The van der Waals surface area contributed by atoms with Gasteiger partial charge in [0.15, 0.2) is 0 Å². The van der Waals surface area contributed by atoms with Gasteiger partial charge < -0.3 is 20.6 Å². The van der Waals surface area contributed by atoms with Gasteiger partial charge in [-0.3, -0.25) is 0 Å². The molecule has 0 spiro atoms. The van der Waals surface area contributed by atoms with Crippen molar-refractivity contribution in [3.8, 4) is 0 Å². The summed E-state index contributed by atoms with van der Waals surface area (Å²) >= 11 is 0. The number of unbranched alkanes of at least 4 members (excludes halogenated alkanes) is 1. The van der Waals surface area contributed by atoms with Crippen LogP contribution in [0.15, 0.2) is 35.5 Å². The molecule has 5 heteroatoms. The number of methoxy groups -OCH3 is 1. The Morgan fingerprint density at radius 1 is 1.26 bits per heavy atom. The van der Waals surface area contributed by atoms with E-state index in [4.69, 9.17) is 15.7 Å². The van der Waals surface area contributed by atoms with E-state index >= 15 is 0 Å². The molecule has 19 heavy (non-hydrogen) atoms. The minimum Gasteiger partial charge on any atom is -0.409 e. The first-order chi connectivity index (χ1) is 9.27. The van der Waals surface area contributed by atoms with Gasteiger partial charge in [-0.15, -0.1) is 0 Å². The lowest BCUT2D eigenvalue weighted by Crippen LogP contribution is -2.29. The summed E-state index contributed by atoms with van der Waals surface area (Å²) in [5.41, 5.74) is 6.69. The van der Waals surface area contributed by atoms with Gasteiger partial charge in [-0.25, -0.2) is 0 Å². The second kappa shape index (κ2) is 9.22. The van der Waals surface area contributed by atoms with Crippen LogP contribution in [0.5, 0.6) is 0 Å². The van der Waals surface area contributed by atoms with Gasteiger partial charge >= 0.3 is 0 Å². The van der Waals surface area contributed by atoms with Gasteiger partial charge in [-0.1, -0.05) is 23.4 Å². The summed E-state index contributed by atoms with van der Waals surface area (Å²) < 4.78 is 5.05. The summed E-state index contributed by atoms with van der Waals surface area (Å²) in [6.45, 7) is 2.46. The summed E-state index contributed by atoms with van der Waals surface area (Å²) in [7, 11) is 1.72. The Labute approximate surface area is 114 Å². The van der Waals surface area contributed by atoms with Crippen LogP contribution in [-0.2, 0) is 4.74 Å². The molecule has 0 aliphatic rings. The van der Waals surface area contributed by atoms with Crippen molar-refractivity contribution in [3.05, 3.63) is 30.3 Å². The quantitative estimate of drug-likeness (QED) is 0.236. The summed E-state index contributed by atoms with van der Waals surface area (Å²) in [4.78, 5) is 2.24. The van der Waals surface area contributed by atoms with E-state index in [9.17, 15) is 0 Å². The number of rotatable bonds is 9. The monoisotopic (exact) mass is 265 g/mol. The fourth-order valence-corrected chi connectivity index (χ4v) is 1.86. The largest absolute Gasteiger partial charge is 0.409 e. The summed E-state index contributed by atoms with van der Waals surface area (Å²) in [6.07, 6.45) is 2.64. The van der Waals surface area contributed by atoms with Gasteiger partial charge in [0.2, 0.25) is 0 Å². The van der Waals surface area contributed by atoms with Crippen molar-refractivity contribution in [2.24, 2.45) is 10.9 Å². The Hall–Kier alpha value is -1.75. The molecule has 0 aliphatic heterocycles. The van der Waals surface area contributed by atoms with Gasteiger partial charge in [0.1, 0.15) is 5.84 Å². The van der Waals surface area contributed by atoms with Gasteiger partial charge in [0.05, 0.1) is 0 Å². The second-order valence-corrected chi connectivity index (χ2v) is 4.36. The minimum atomic E-state index is 0.262. The van der Waals surface area contributed by atoms with Crippen molar-refractivity contribution in [1.29, 1.82) is 0 Å². The second-order valence-electron chi connectivity index (χ2n) is 4.36. The fraction of sp³-hybridized carbons (Fsp3) is 0.500. The number of para-hydroxylation sites is 1. The molecule has 1 aromatic carbocycles. The van der Waals surface area contributed by atoms with Crippen LogP contribution in [0.3, 0.4) is 0 Å². The maximum Gasteiger partial charge on any atom is 0.140 e. The van der Waals surface area contributed by atoms with E-state index in [0.29, 0.717) is 6.42 Å². The number of hydrogen-bond acceptors (Lipinski definition) is 4. The molecule has 0 saturated carbocycles. The molecule has 0 amide bonds. The highest BCUT2D eigenvalue weighted by molar-refractivity contribution is 5.80. The molecule has 3 N–H and O–H groups in total. The predicted molar refractivity (Wildman–Crippen MR) is 77.8 cm³/mol. The lowest BCUT2D eigenvalue weighted by atomic mass is 10.2. The molecular weight excluding hydrogens is 242 g/mol. The third-order valence-corrected chi connectivity index (χ3v) is 2.91. The molecular formula is C14H23N3O2. The zero-order chi connectivity index (χ0) is 13.9. The van der Waals surface area contributed by atoms with E-state index in [1.165, 1.54) is 0 Å². The van der Waals surface area contributed by atoms with E-state index in [0.717, 1.165) is 38.2 Å². The van der Waals surface area contributed by atoms with E-state index in [-0.39, 0.29) is 5.84 Å². The molecule has 5 nitrogen and oxygen atoms in total. The molecule has 0 atom stereocenters. The van der Waals surface area contributed by atoms with Crippen molar-refractivity contribution >= 4 is 11.5 Å². The topological polar surface area (TPSA) is 71.1 Å². The van der Waals surface area contributed by atoms with Gasteiger partial charge in [-0.05, 0) is 25.0 Å². The van der Waals surface area contributed by atoms with Gasteiger partial charge in [0, 0.05) is 38.9 Å². The zero-order valence-corrected chi connectivity index (χ0v) is 11.5. The lowest BCUT2D eigenvalue weighted by molar-refractivity contribution is 0.193. The first-order valence-corrected chi connectivity index (χ1v) is 6.53. The number of benzene rings is 1. The number of ether oxygens (including phenoxy) is 1. The Bertz CT molecular complexity index is 368. The molecule has 0 saturated heterocycles. The van der Waals surface area contributed by atoms with E-state index in [2.05, 4.69) is 22.2 Å². The van der Waals surface area contributed by atoms with Crippen LogP contribution in [0, 0.1) is 0 Å². The molecule has 0 aromatic heterocycles. The molecule has 0 heterocycles. The first-order valence-electron chi connectivity index (χ1n) is 6.53. The van der Waals surface area contributed by atoms with Crippen LogP contribution in [0.25, 0.3) is 0 Å². The highest BCUT2D eigenvalue weighted by Gasteiger charge is 2.06. The van der Waals surface area contributed by atoms with Gasteiger partial charge in [-0.2, -0.15) is 0 Å². The Kier molecular flexibility index (Phi) is 7.43. The number of oxime groups is 1.